The van der Waals surface area contributed by atoms with Crippen LogP contribution in [0.1, 0.15) is 49.0 Å². The van der Waals surface area contributed by atoms with Crippen molar-refractivity contribution < 1.29 is 9.53 Å². The van der Waals surface area contributed by atoms with Gasteiger partial charge in [0.15, 0.2) is 0 Å². The maximum atomic E-state index is 10.8. The summed E-state index contributed by atoms with van der Waals surface area (Å²) in [7, 11) is 0. The lowest BCUT2D eigenvalue weighted by Crippen LogP contribution is -2.51. The highest BCUT2D eigenvalue weighted by molar-refractivity contribution is 5.75. The minimum Gasteiger partial charge on any atom is -0.487 e. The minimum atomic E-state index is 0.0289. The molecule has 1 aromatic carbocycles. The SMILES string of the molecule is CC(C)N1CCC2(CCc3cc(C=O)ccc3O2)CC1. The van der Waals surface area contributed by atoms with Crippen LogP contribution in [0.4, 0.5) is 0 Å². The molecular weight excluding hydrogens is 250 g/mol. The summed E-state index contributed by atoms with van der Waals surface area (Å²) in [5.74, 6) is 0.986. The highest BCUT2D eigenvalue weighted by Crippen LogP contribution is 2.39. The Morgan fingerprint density at radius 1 is 1.25 bits per heavy atom. The highest BCUT2D eigenvalue weighted by Gasteiger charge is 2.39. The predicted molar refractivity (Wildman–Crippen MR) is 79.5 cm³/mol. The molecule has 108 valence electrons. The summed E-state index contributed by atoms with van der Waals surface area (Å²) in [5.41, 5.74) is 1.96. The predicted octanol–water partition coefficient (Wildman–Crippen LogP) is 3.07. The Balaban J connectivity index is 1.74. The number of ether oxygens (including phenoxy) is 1. The van der Waals surface area contributed by atoms with E-state index in [1.165, 1.54) is 5.56 Å². The summed E-state index contributed by atoms with van der Waals surface area (Å²) in [6.45, 7) is 6.77. The first-order valence-electron chi connectivity index (χ1n) is 7.63. The van der Waals surface area contributed by atoms with E-state index in [0.29, 0.717) is 6.04 Å². The molecule has 2 aliphatic heterocycles. The molecule has 0 atom stereocenters. The van der Waals surface area contributed by atoms with Crippen LogP contribution in [0, 0.1) is 0 Å². The molecule has 1 aromatic rings. The van der Waals surface area contributed by atoms with Gasteiger partial charge in [-0.3, -0.25) is 4.79 Å². The Bertz CT molecular complexity index is 502. The topological polar surface area (TPSA) is 29.5 Å². The number of piperidine rings is 1. The number of rotatable bonds is 2. The van der Waals surface area contributed by atoms with E-state index in [-0.39, 0.29) is 5.60 Å². The summed E-state index contributed by atoms with van der Waals surface area (Å²) in [4.78, 5) is 13.4. The lowest BCUT2D eigenvalue weighted by Gasteiger charge is -2.45. The molecule has 20 heavy (non-hydrogen) atoms. The third-order valence-corrected chi connectivity index (χ3v) is 4.84. The van der Waals surface area contributed by atoms with E-state index >= 15 is 0 Å². The van der Waals surface area contributed by atoms with Crippen LogP contribution in [0.15, 0.2) is 18.2 Å². The number of fused-ring (bicyclic) bond motifs is 1. The first-order chi connectivity index (χ1) is 9.62. The molecule has 0 unspecified atom stereocenters. The number of nitrogens with zero attached hydrogens (tertiary/aromatic N) is 1. The second-order valence-electron chi connectivity index (χ2n) is 6.40. The second kappa shape index (κ2) is 5.21. The van der Waals surface area contributed by atoms with Crippen LogP contribution in [0.25, 0.3) is 0 Å². The van der Waals surface area contributed by atoms with Crippen LogP contribution in [-0.4, -0.2) is 35.9 Å². The molecule has 3 rings (SSSR count). The fourth-order valence-electron chi connectivity index (χ4n) is 3.41. The smallest absolute Gasteiger partial charge is 0.150 e. The van der Waals surface area contributed by atoms with E-state index in [2.05, 4.69) is 18.7 Å². The average Bonchev–Trinajstić information content (AvgIpc) is 2.47. The first kappa shape index (κ1) is 13.6. The van der Waals surface area contributed by atoms with Crippen molar-refractivity contribution in [3.05, 3.63) is 29.3 Å². The van der Waals surface area contributed by atoms with Crippen LogP contribution in [0.3, 0.4) is 0 Å². The zero-order valence-corrected chi connectivity index (χ0v) is 12.4. The van der Waals surface area contributed by atoms with Crippen LogP contribution in [0.2, 0.25) is 0 Å². The fraction of sp³-hybridized carbons (Fsp3) is 0.588. The third kappa shape index (κ3) is 2.47. The molecule has 0 N–H and O–H groups in total. The van der Waals surface area contributed by atoms with Gasteiger partial charge in [-0.15, -0.1) is 0 Å². The van der Waals surface area contributed by atoms with Crippen molar-refractivity contribution in [3.8, 4) is 5.75 Å². The number of aldehydes is 1. The molecule has 1 spiro atoms. The van der Waals surface area contributed by atoms with Crippen LogP contribution in [0.5, 0.6) is 5.75 Å². The van der Waals surface area contributed by atoms with E-state index in [0.717, 1.165) is 56.4 Å². The largest absolute Gasteiger partial charge is 0.487 e. The maximum Gasteiger partial charge on any atom is 0.150 e. The molecule has 0 amide bonds. The minimum absolute atomic E-state index is 0.0289. The molecule has 3 nitrogen and oxygen atoms in total. The quantitative estimate of drug-likeness (QED) is 0.776. The first-order valence-corrected chi connectivity index (χ1v) is 7.63. The van der Waals surface area contributed by atoms with E-state index in [1.807, 2.05) is 18.2 Å². The Morgan fingerprint density at radius 2 is 2.00 bits per heavy atom. The monoisotopic (exact) mass is 273 g/mol. The Morgan fingerprint density at radius 3 is 2.65 bits per heavy atom. The van der Waals surface area contributed by atoms with Crippen LogP contribution >= 0.6 is 0 Å². The molecule has 2 heterocycles. The standard InChI is InChI=1S/C17H23NO2/c1-13(2)18-9-7-17(8-10-18)6-5-15-11-14(12-19)3-4-16(15)20-17/h3-4,11-13H,5-10H2,1-2H3. The van der Waals surface area contributed by atoms with Crippen molar-refractivity contribution in [2.24, 2.45) is 0 Å². The zero-order valence-electron chi connectivity index (χ0n) is 12.4. The Kier molecular flexibility index (Phi) is 3.55. The lowest BCUT2D eigenvalue weighted by atomic mass is 9.82. The van der Waals surface area contributed by atoms with Gasteiger partial charge < -0.3 is 9.64 Å². The van der Waals surface area contributed by atoms with Gasteiger partial charge in [0.1, 0.15) is 17.6 Å². The van der Waals surface area contributed by atoms with Gasteiger partial charge in [-0.25, -0.2) is 0 Å². The van der Waals surface area contributed by atoms with E-state index < -0.39 is 0 Å². The molecule has 1 saturated heterocycles. The van der Waals surface area contributed by atoms with Gasteiger partial charge in [0.25, 0.3) is 0 Å². The number of likely N-dealkylation sites (tertiary alicyclic amines) is 1. The number of carbonyl (C=O) groups is 1. The van der Waals surface area contributed by atoms with Crippen molar-refractivity contribution in [1.82, 2.24) is 4.90 Å². The molecule has 0 radical (unpaired) electrons. The maximum absolute atomic E-state index is 10.8. The molecule has 0 aromatic heterocycles. The fourth-order valence-corrected chi connectivity index (χ4v) is 3.41. The highest BCUT2D eigenvalue weighted by atomic mass is 16.5. The van der Waals surface area contributed by atoms with Crippen molar-refractivity contribution in [2.45, 2.75) is 51.2 Å². The van der Waals surface area contributed by atoms with Crippen LogP contribution < -0.4 is 4.74 Å². The van der Waals surface area contributed by atoms with E-state index in [9.17, 15) is 4.79 Å². The van der Waals surface area contributed by atoms with Crippen molar-refractivity contribution in [2.75, 3.05) is 13.1 Å². The molecule has 1 fully saturated rings. The van der Waals surface area contributed by atoms with E-state index in [4.69, 9.17) is 4.74 Å². The molecular formula is C17H23NO2. The number of hydrogen-bond acceptors (Lipinski definition) is 3. The number of benzene rings is 1. The van der Waals surface area contributed by atoms with Gasteiger partial charge in [-0.05, 0) is 63.3 Å². The van der Waals surface area contributed by atoms with Gasteiger partial charge in [-0.1, -0.05) is 0 Å². The van der Waals surface area contributed by atoms with Gasteiger partial charge in [0.05, 0.1) is 0 Å². The van der Waals surface area contributed by atoms with Crippen molar-refractivity contribution >= 4 is 6.29 Å². The summed E-state index contributed by atoms with van der Waals surface area (Å²) >= 11 is 0. The molecule has 0 saturated carbocycles. The molecule has 2 aliphatic rings. The average molecular weight is 273 g/mol. The number of hydrogen-bond donors (Lipinski definition) is 0. The number of carbonyl (C=O) groups excluding carboxylic acids is 1. The Labute approximate surface area is 120 Å². The van der Waals surface area contributed by atoms with Gasteiger partial charge in [-0.2, -0.15) is 0 Å². The second-order valence-corrected chi connectivity index (χ2v) is 6.40. The molecule has 0 aliphatic carbocycles. The number of aryl methyl sites for hydroxylation is 1. The van der Waals surface area contributed by atoms with E-state index in [1.54, 1.807) is 0 Å². The zero-order chi connectivity index (χ0) is 14.2. The van der Waals surface area contributed by atoms with Gasteiger partial charge in [0, 0.05) is 24.7 Å². The summed E-state index contributed by atoms with van der Waals surface area (Å²) in [6.07, 6.45) is 5.23. The Hall–Kier alpha value is -1.35. The van der Waals surface area contributed by atoms with Crippen molar-refractivity contribution in [3.63, 3.8) is 0 Å². The van der Waals surface area contributed by atoms with Crippen molar-refractivity contribution in [1.29, 1.82) is 0 Å². The van der Waals surface area contributed by atoms with Gasteiger partial charge >= 0.3 is 0 Å². The normalized spacial score (nSPS) is 21.6. The summed E-state index contributed by atoms with van der Waals surface area (Å²) in [5, 5.41) is 0. The lowest BCUT2D eigenvalue weighted by molar-refractivity contribution is -0.0211. The molecule has 3 heteroatoms. The molecule has 0 bridgehead atoms. The summed E-state index contributed by atoms with van der Waals surface area (Å²) < 4.78 is 6.35. The van der Waals surface area contributed by atoms with Crippen LogP contribution in [-0.2, 0) is 6.42 Å². The third-order valence-electron chi connectivity index (χ3n) is 4.84. The summed E-state index contributed by atoms with van der Waals surface area (Å²) in [6, 6.07) is 6.42. The van der Waals surface area contributed by atoms with Gasteiger partial charge in [0.2, 0.25) is 0 Å².